The van der Waals surface area contributed by atoms with E-state index >= 15 is 0 Å². The molecular weight excluding hydrogens is 420 g/mol. The van der Waals surface area contributed by atoms with Crippen LogP contribution in [0.1, 0.15) is 33.9 Å². The number of hydrogen-bond acceptors (Lipinski definition) is 5. The zero-order valence-electron chi connectivity index (χ0n) is 19.2. The van der Waals surface area contributed by atoms with Crippen LogP contribution in [0.15, 0.2) is 48.5 Å². The summed E-state index contributed by atoms with van der Waals surface area (Å²) in [5, 5.41) is 0. The highest BCUT2D eigenvalue weighted by molar-refractivity contribution is 6.44. The fourth-order valence-corrected chi connectivity index (χ4v) is 4.87. The van der Waals surface area contributed by atoms with Gasteiger partial charge in [0.05, 0.1) is 32.9 Å². The molecule has 174 valence electrons. The van der Waals surface area contributed by atoms with E-state index in [-0.39, 0.29) is 5.78 Å². The first-order valence-corrected chi connectivity index (χ1v) is 11.5. The minimum atomic E-state index is -1.05. The Kier molecular flexibility index (Phi) is 7.20. The number of quaternary nitrogens is 1. The SMILES string of the molecule is COc1ccc(C(=O)C2C(=O)C(=O)N(CCC[NH+]3CCOCC3)C2c2ccccc2)cc1C. The molecular formula is C26H31N2O5+. The van der Waals surface area contributed by atoms with Crippen molar-refractivity contribution < 1.29 is 28.8 Å². The Labute approximate surface area is 194 Å². The molecule has 0 spiro atoms. The largest absolute Gasteiger partial charge is 0.496 e. The van der Waals surface area contributed by atoms with Gasteiger partial charge in [-0.25, -0.2) is 0 Å². The lowest BCUT2D eigenvalue weighted by Crippen LogP contribution is -3.14. The van der Waals surface area contributed by atoms with Crippen LogP contribution in [0, 0.1) is 12.8 Å². The summed E-state index contributed by atoms with van der Waals surface area (Å²) in [5.74, 6) is -1.89. The highest BCUT2D eigenvalue weighted by Crippen LogP contribution is 2.38. The molecule has 0 bridgehead atoms. The number of likely N-dealkylation sites (tertiary alicyclic amines) is 1. The highest BCUT2D eigenvalue weighted by atomic mass is 16.5. The van der Waals surface area contributed by atoms with Crippen molar-refractivity contribution in [3.05, 3.63) is 65.2 Å². The van der Waals surface area contributed by atoms with Crippen molar-refractivity contribution in [2.45, 2.75) is 19.4 Å². The number of nitrogens with one attached hydrogen (secondary N) is 1. The van der Waals surface area contributed by atoms with Crippen LogP contribution in [-0.4, -0.2) is 68.9 Å². The number of nitrogens with zero attached hydrogens (tertiary/aromatic N) is 1. The number of carbonyl (C=O) groups is 3. The smallest absolute Gasteiger partial charge is 0.291 e. The maximum Gasteiger partial charge on any atom is 0.291 e. The average Bonchev–Trinajstić information content (AvgIpc) is 3.10. The van der Waals surface area contributed by atoms with Crippen molar-refractivity contribution in [3.63, 3.8) is 0 Å². The number of ketones is 2. The first-order valence-electron chi connectivity index (χ1n) is 11.5. The van der Waals surface area contributed by atoms with Crippen molar-refractivity contribution >= 4 is 17.5 Å². The van der Waals surface area contributed by atoms with E-state index in [1.165, 1.54) is 4.90 Å². The summed E-state index contributed by atoms with van der Waals surface area (Å²) >= 11 is 0. The summed E-state index contributed by atoms with van der Waals surface area (Å²) < 4.78 is 10.7. The van der Waals surface area contributed by atoms with Crippen LogP contribution in [0.3, 0.4) is 0 Å². The van der Waals surface area contributed by atoms with Gasteiger partial charge in [0.25, 0.3) is 5.91 Å². The van der Waals surface area contributed by atoms with Gasteiger partial charge in [0.15, 0.2) is 5.78 Å². The number of methoxy groups -OCH3 is 1. The molecule has 2 unspecified atom stereocenters. The number of rotatable bonds is 8. The molecule has 2 aliphatic rings. The van der Waals surface area contributed by atoms with Crippen LogP contribution in [-0.2, 0) is 14.3 Å². The molecule has 0 aliphatic carbocycles. The lowest BCUT2D eigenvalue weighted by Gasteiger charge is -2.29. The van der Waals surface area contributed by atoms with Crippen LogP contribution in [0.4, 0.5) is 0 Å². The van der Waals surface area contributed by atoms with Crippen LogP contribution >= 0.6 is 0 Å². The first kappa shape index (κ1) is 23.1. The fraction of sp³-hybridized carbons (Fsp3) is 0.423. The maximum atomic E-state index is 13.5. The predicted octanol–water partition coefficient (Wildman–Crippen LogP) is 1.26. The summed E-state index contributed by atoms with van der Waals surface area (Å²) in [6, 6.07) is 13.9. The van der Waals surface area contributed by atoms with E-state index in [1.807, 2.05) is 37.3 Å². The van der Waals surface area contributed by atoms with E-state index in [1.54, 1.807) is 30.2 Å². The molecule has 1 N–H and O–H groups in total. The summed E-state index contributed by atoms with van der Waals surface area (Å²) in [5.41, 5.74) is 2.03. The number of ether oxygens (including phenoxy) is 2. The van der Waals surface area contributed by atoms with Gasteiger partial charge in [0, 0.05) is 18.5 Å². The Balaban J connectivity index is 1.59. The normalized spacial score (nSPS) is 21.5. The van der Waals surface area contributed by atoms with Gasteiger partial charge in [0.1, 0.15) is 24.8 Å². The number of hydrogen-bond donors (Lipinski definition) is 1. The quantitative estimate of drug-likeness (QED) is 0.372. The minimum Gasteiger partial charge on any atom is -0.496 e. The maximum absolute atomic E-state index is 13.5. The van der Waals surface area contributed by atoms with E-state index in [4.69, 9.17) is 9.47 Å². The van der Waals surface area contributed by atoms with Crippen LogP contribution in [0.25, 0.3) is 0 Å². The molecule has 7 nitrogen and oxygen atoms in total. The first-order chi connectivity index (χ1) is 16.0. The molecule has 0 radical (unpaired) electrons. The second kappa shape index (κ2) is 10.3. The number of morpholine rings is 1. The third kappa shape index (κ3) is 4.84. The lowest BCUT2D eigenvalue weighted by molar-refractivity contribution is -0.908. The molecule has 2 aromatic carbocycles. The summed E-state index contributed by atoms with van der Waals surface area (Å²) in [6.07, 6.45) is 0.764. The highest BCUT2D eigenvalue weighted by Gasteiger charge is 2.51. The Morgan fingerprint density at radius 3 is 2.52 bits per heavy atom. The molecule has 2 atom stereocenters. The van der Waals surface area contributed by atoms with Crippen LogP contribution < -0.4 is 9.64 Å². The van der Waals surface area contributed by atoms with Gasteiger partial charge in [0.2, 0.25) is 5.78 Å². The van der Waals surface area contributed by atoms with Crippen molar-refractivity contribution in [1.29, 1.82) is 0 Å². The topological polar surface area (TPSA) is 77.4 Å². The third-order valence-corrected chi connectivity index (χ3v) is 6.64. The Morgan fingerprint density at radius 1 is 1.12 bits per heavy atom. The van der Waals surface area contributed by atoms with Gasteiger partial charge in [-0.05, 0) is 36.2 Å². The van der Waals surface area contributed by atoms with Gasteiger partial charge in [-0.3, -0.25) is 14.4 Å². The second-order valence-corrected chi connectivity index (χ2v) is 8.71. The average molecular weight is 452 g/mol. The summed E-state index contributed by atoms with van der Waals surface area (Å²) in [7, 11) is 1.57. The number of aryl methyl sites for hydroxylation is 1. The van der Waals surface area contributed by atoms with Gasteiger partial charge in [-0.1, -0.05) is 30.3 Å². The fourth-order valence-electron chi connectivity index (χ4n) is 4.87. The molecule has 2 aromatic rings. The van der Waals surface area contributed by atoms with Crippen LogP contribution in [0.2, 0.25) is 0 Å². The number of amides is 1. The number of benzene rings is 2. The van der Waals surface area contributed by atoms with Crippen molar-refractivity contribution in [2.75, 3.05) is 46.5 Å². The Morgan fingerprint density at radius 2 is 1.85 bits per heavy atom. The van der Waals surface area contributed by atoms with E-state index in [2.05, 4.69) is 0 Å². The predicted molar refractivity (Wildman–Crippen MR) is 122 cm³/mol. The molecule has 7 heteroatoms. The van der Waals surface area contributed by atoms with Crippen molar-refractivity contribution in [3.8, 4) is 5.75 Å². The minimum absolute atomic E-state index is 0.325. The lowest BCUT2D eigenvalue weighted by atomic mass is 9.86. The molecule has 2 aliphatic heterocycles. The molecule has 2 heterocycles. The van der Waals surface area contributed by atoms with Gasteiger partial charge in [-0.2, -0.15) is 0 Å². The summed E-state index contributed by atoms with van der Waals surface area (Å²) in [6.45, 7) is 6.60. The standard InChI is InChI=1S/C26H30N2O5/c1-18-17-20(9-10-21(18)32-2)24(29)22-23(19-7-4-3-5-8-19)28(26(31)25(22)30)12-6-11-27-13-15-33-16-14-27/h3-5,7-10,17,22-23H,6,11-16H2,1-2H3/p+1. The molecule has 2 saturated heterocycles. The third-order valence-electron chi connectivity index (χ3n) is 6.64. The number of carbonyl (C=O) groups excluding carboxylic acids is 3. The van der Waals surface area contributed by atoms with E-state index in [9.17, 15) is 14.4 Å². The van der Waals surface area contributed by atoms with Crippen molar-refractivity contribution in [2.24, 2.45) is 5.92 Å². The monoisotopic (exact) mass is 451 g/mol. The van der Waals surface area contributed by atoms with E-state index < -0.39 is 23.7 Å². The molecule has 0 saturated carbocycles. The van der Waals surface area contributed by atoms with Gasteiger partial charge in [-0.15, -0.1) is 0 Å². The molecule has 0 aromatic heterocycles. The molecule has 2 fully saturated rings. The van der Waals surface area contributed by atoms with E-state index in [0.717, 1.165) is 50.4 Å². The Bertz CT molecular complexity index is 1020. The second-order valence-electron chi connectivity index (χ2n) is 8.71. The molecule has 1 amide bonds. The molecule has 33 heavy (non-hydrogen) atoms. The van der Waals surface area contributed by atoms with E-state index in [0.29, 0.717) is 17.9 Å². The van der Waals surface area contributed by atoms with Crippen LogP contribution in [0.5, 0.6) is 5.75 Å². The molecule has 4 rings (SSSR count). The number of Topliss-reactive ketones (excluding diaryl/α,β-unsaturated/α-hetero) is 2. The zero-order valence-corrected chi connectivity index (χ0v) is 19.2. The van der Waals surface area contributed by atoms with Gasteiger partial charge >= 0.3 is 0 Å². The zero-order chi connectivity index (χ0) is 23.4. The Hall–Kier alpha value is -3.03. The van der Waals surface area contributed by atoms with Gasteiger partial charge < -0.3 is 19.3 Å². The summed E-state index contributed by atoms with van der Waals surface area (Å²) in [4.78, 5) is 42.8. The van der Waals surface area contributed by atoms with Crippen molar-refractivity contribution in [1.82, 2.24) is 4.90 Å².